The topological polar surface area (TPSA) is 66.9 Å². The Morgan fingerprint density at radius 3 is 3.00 bits per heavy atom. The average Bonchev–Trinajstić information content (AvgIpc) is 2.41. The van der Waals surface area contributed by atoms with Crippen LogP contribution in [-0.4, -0.2) is 40.2 Å². The minimum atomic E-state index is -0.127. The summed E-state index contributed by atoms with van der Waals surface area (Å²) in [6, 6.07) is 3.75. The number of carbonyl (C=O) groups is 1. The van der Waals surface area contributed by atoms with Crippen molar-refractivity contribution in [1.82, 2.24) is 15.5 Å². The fourth-order valence-electron chi connectivity index (χ4n) is 1.84. The molecule has 6 heteroatoms. The highest BCUT2D eigenvalue weighted by Crippen LogP contribution is 2.17. The molecule has 2 heterocycles. The molecule has 5 nitrogen and oxygen atoms in total. The average molecular weight is 266 g/mol. The van der Waals surface area contributed by atoms with Crippen LogP contribution in [0.15, 0.2) is 12.1 Å². The number of amides is 1. The van der Waals surface area contributed by atoms with Crippen LogP contribution in [-0.2, 0) is 0 Å². The van der Waals surface area contributed by atoms with E-state index in [0.717, 1.165) is 18.7 Å². The number of hydrogen-bond acceptors (Lipinski definition) is 5. The highest BCUT2D eigenvalue weighted by molar-refractivity contribution is 7.99. The molecule has 0 spiro atoms. The maximum atomic E-state index is 11.9. The monoisotopic (exact) mass is 266 g/mol. The van der Waals surface area contributed by atoms with Crippen LogP contribution in [0, 0.1) is 0 Å². The van der Waals surface area contributed by atoms with E-state index < -0.39 is 0 Å². The number of aromatic nitrogens is 2. The quantitative estimate of drug-likeness (QED) is 0.865. The van der Waals surface area contributed by atoms with E-state index in [4.69, 9.17) is 0 Å². The van der Waals surface area contributed by atoms with Gasteiger partial charge in [0.2, 0.25) is 0 Å². The highest BCUT2D eigenvalue weighted by atomic mass is 32.2. The lowest BCUT2D eigenvalue weighted by atomic mass is 10.2. The van der Waals surface area contributed by atoms with E-state index in [0.29, 0.717) is 11.5 Å². The molecule has 1 atom stereocenters. The van der Waals surface area contributed by atoms with Crippen molar-refractivity contribution >= 4 is 23.5 Å². The van der Waals surface area contributed by atoms with Crippen LogP contribution >= 0.6 is 11.8 Å². The molecule has 1 fully saturated rings. The van der Waals surface area contributed by atoms with Gasteiger partial charge in [0.15, 0.2) is 5.69 Å². The van der Waals surface area contributed by atoms with E-state index in [1.807, 2.05) is 18.7 Å². The van der Waals surface area contributed by atoms with Gasteiger partial charge in [0.1, 0.15) is 5.82 Å². The van der Waals surface area contributed by atoms with Gasteiger partial charge in [-0.15, -0.1) is 10.2 Å². The summed E-state index contributed by atoms with van der Waals surface area (Å²) in [6.45, 7) is 2.78. The summed E-state index contributed by atoms with van der Waals surface area (Å²) in [5.74, 6) is 2.76. The molecular formula is C12H18N4OS. The van der Waals surface area contributed by atoms with E-state index in [-0.39, 0.29) is 11.9 Å². The van der Waals surface area contributed by atoms with Crippen LogP contribution in [0.5, 0.6) is 0 Å². The molecule has 1 aromatic rings. The summed E-state index contributed by atoms with van der Waals surface area (Å²) in [7, 11) is 0. The summed E-state index contributed by atoms with van der Waals surface area (Å²) >= 11 is 1.89. The summed E-state index contributed by atoms with van der Waals surface area (Å²) in [5, 5.41) is 13.9. The molecule has 1 amide bonds. The first-order chi connectivity index (χ1) is 8.79. The Labute approximate surface area is 111 Å². The van der Waals surface area contributed by atoms with Gasteiger partial charge < -0.3 is 10.6 Å². The zero-order valence-corrected chi connectivity index (χ0v) is 11.3. The smallest absolute Gasteiger partial charge is 0.272 e. The molecule has 1 aliphatic heterocycles. The maximum absolute atomic E-state index is 11.9. The molecule has 0 saturated carbocycles. The third-order valence-electron chi connectivity index (χ3n) is 2.75. The molecular weight excluding hydrogens is 248 g/mol. The van der Waals surface area contributed by atoms with Gasteiger partial charge in [0, 0.05) is 18.3 Å². The van der Waals surface area contributed by atoms with Gasteiger partial charge in [-0.1, -0.05) is 0 Å². The summed E-state index contributed by atoms with van der Waals surface area (Å²) in [6.07, 6.45) is 2.22. The van der Waals surface area contributed by atoms with Crippen LogP contribution in [0.3, 0.4) is 0 Å². The number of hydrogen-bond donors (Lipinski definition) is 2. The second-order valence-electron chi connectivity index (χ2n) is 4.22. The number of carbonyl (C=O) groups excluding carboxylic acids is 1. The van der Waals surface area contributed by atoms with E-state index in [1.54, 1.807) is 12.1 Å². The van der Waals surface area contributed by atoms with E-state index >= 15 is 0 Å². The summed E-state index contributed by atoms with van der Waals surface area (Å²) < 4.78 is 0. The lowest BCUT2D eigenvalue weighted by Gasteiger charge is -2.22. The van der Waals surface area contributed by atoms with Gasteiger partial charge in [0.05, 0.1) is 0 Å². The zero-order valence-electron chi connectivity index (χ0n) is 10.5. The fraction of sp³-hybridized carbons (Fsp3) is 0.583. The molecule has 2 N–H and O–H groups in total. The molecule has 0 radical (unpaired) electrons. The number of rotatable bonds is 4. The van der Waals surface area contributed by atoms with E-state index in [9.17, 15) is 4.79 Å². The van der Waals surface area contributed by atoms with Crippen molar-refractivity contribution in [3.05, 3.63) is 17.8 Å². The largest absolute Gasteiger partial charge is 0.369 e. The standard InChI is InChI=1S/C12H18N4OS/c1-2-13-11-6-5-10(15-16-11)12(17)14-9-4-3-7-18-8-9/h5-6,9H,2-4,7-8H2,1H3,(H,13,16)(H,14,17). The molecule has 2 rings (SSSR count). The molecule has 1 aliphatic rings. The fourth-order valence-corrected chi connectivity index (χ4v) is 2.91. The number of nitrogens with one attached hydrogen (secondary N) is 2. The van der Waals surface area contributed by atoms with Crippen LogP contribution in [0.4, 0.5) is 5.82 Å². The molecule has 1 unspecified atom stereocenters. The third-order valence-corrected chi connectivity index (χ3v) is 3.97. The minimum absolute atomic E-state index is 0.127. The maximum Gasteiger partial charge on any atom is 0.272 e. The Morgan fingerprint density at radius 2 is 2.39 bits per heavy atom. The van der Waals surface area contributed by atoms with Crippen LogP contribution in [0.25, 0.3) is 0 Å². The first kappa shape index (κ1) is 13.1. The van der Waals surface area contributed by atoms with Crippen LogP contribution < -0.4 is 10.6 Å². The zero-order chi connectivity index (χ0) is 12.8. The van der Waals surface area contributed by atoms with Crippen molar-refractivity contribution < 1.29 is 4.79 Å². The van der Waals surface area contributed by atoms with E-state index in [2.05, 4.69) is 20.8 Å². The van der Waals surface area contributed by atoms with Crippen molar-refractivity contribution in [3.8, 4) is 0 Å². The van der Waals surface area contributed by atoms with Crippen molar-refractivity contribution in [1.29, 1.82) is 0 Å². The molecule has 0 aromatic carbocycles. The Hall–Kier alpha value is -1.30. The minimum Gasteiger partial charge on any atom is -0.369 e. The Balaban J connectivity index is 1.91. The molecule has 98 valence electrons. The highest BCUT2D eigenvalue weighted by Gasteiger charge is 2.17. The van der Waals surface area contributed by atoms with Crippen molar-refractivity contribution in [2.24, 2.45) is 0 Å². The molecule has 1 saturated heterocycles. The Morgan fingerprint density at radius 1 is 1.50 bits per heavy atom. The van der Waals surface area contributed by atoms with Gasteiger partial charge in [-0.3, -0.25) is 4.79 Å². The third kappa shape index (κ3) is 3.60. The van der Waals surface area contributed by atoms with Crippen molar-refractivity contribution in [3.63, 3.8) is 0 Å². The first-order valence-electron chi connectivity index (χ1n) is 6.26. The van der Waals surface area contributed by atoms with Crippen molar-refractivity contribution in [2.45, 2.75) is 25.8 Å². The molecule has 0 bridgehead atoms. The van der Waals surface area contributed by atoms with Crippen molar-refractivity contribution in [2.75, 3.05) is 23.4 Å². The second kappa shape index (κ2) is 6.58. The number of anilines is 1. The normalized spacial score (nSPS) is 19.3. The van der Waals surface area contributed by atoms with Gasteiger partial charge >= 0.3 is 0 Å². The first-order valence-corrected chi connectivity index (χ1v) is 7.41. The number of nitrogens with zero attached hydrogens (tertiary/aromatic N) is 2. The Kier molecular flexibility index (Phi) is 4.81. The van der Waals surface area contributed by atoms with Gasteiger partial charge in [0.25, 0.3) is 5.91 Å². The van der Waals surface area contributed by atoms with Crippen LogP contribution in [0.2, 0.25) is 0 Å². The van der Waals surface area contributed by atoms with Gasteiger partial charge in [-0.2, -0.15) is 11.8 Å². The molecule has 1 aromatic heterocycles. The van der Waals surface area contributed by atoms with Gasteiger partial charge in [-0.05, 0) is 37.7 Å². The lowest BCUT2D eigenvalue weighted by Crippen LogP contribution is -2.38. The van der Waals surface area contributed by atoms with E-state index in [1.165, 1.54) is 12.2 Å². The van der Waals surface area contributed by atoms with Gasteiger partial charge in [-0.25, -0.2) is 0 Å². The predicted molar refractivity (Wildman–Crippen MR) is 74.0 cm³/mol. The second-order valence-corrected chi connectivity index (χ2v) is 5.37. The molecule has 0 aliphatic carbocycles. The number of thioether (sulfide) groups is 1. The lowest BCUT2D eigenvalue weighted by molar-refractivity contribution is 0.0932. The Bertz CT molecular complexity index is 390. The SMILES string of the molecule is CCNc1ccc(C(=O)NC2CCCSC2)nn1. The summed E-state index contributed by atoms with van der Waals surface area (Å²) in [4.78, 5) is 11.9. The predicted octanol–water partition coefficient (Wildman–Crippen LogP) is 1.53. The summed E-state index contributed by atoms with van der Waals surface area (Å²) in [5.41, 5.74) is 0.382. The molecule has 18 heavy (non-hydrogen) atoms. The van der Waals surface area contributed by atoms with Crippen LogP contribution in [0.1, 0.15) is 30.3 Å².